The largest absolute Gasteiger partial charge is 0.383 e. The lowest BCUT2D eigenvalue weighted by atomic mass is 10.2. The molecule has 0 aromatic rings. The molecule has 0 aromatic heterocycles. The average molecular weight is 316 g/mol. The van der Waals surface area contributed by atoms with Crippen LogP contribution in [0.4, 0.5) is 0 Å². The Hall–Kier alpha value is -1.63. The lowest BCUT2D eigenvalue weighted by Gasteiger charge is -2.32. The molecule has 118 valence electrons. The molecule has 1 rings (SSSR count). The van der Waals surface area contributed by atoms with Crippen LogP contribution in [-0.2, 0) is 19.6 Å². The van der Waals surface area contributed by atoms with E-state index >= 15 is 0 Å². The number of carbonyl (C=O) groups excluding carboxylic acids is 1. The molecule has 0 spiro atoms. The van der Waals surface area contributed by atoms with Gasteiger partial charge in [-0.2, -0.15) is 9.57 Å². The molecule has 1 aliphatic heterocycles. The van der Waals surface area contributed by atoms with Gasteiger partial charge in [-0.3, -0.25) is 4.79 Å². The minimum atomic E-state index is -3.19. The molecule has 0 bridgehead atoms. The van der Waals surface area contributed by atoms with Crippen molar-refractivity contribution in [2.24, 2.45) is 0 Å². The van der Waals surface area contributed by atoms with Crippen LogP contribution in [0.2, 0.25) is 0 Å². The number of nitrogens with zero attached hydrogens (tertiary/aromatic N) is 3. The van der Waals surface area contributed by atoms with Crippen LogP contribution in [0.15, 0.2) is 11.8 Å². The molecule has 0 aliphatic carbocycles. The molecule has 1 amide bonds. The minimum absolute atomic E-state index is 0.00101. The van der Waals surface area contributed by atoms with Crippen LogP contribution in [0.25, 0.3) is 0 Å². The van der Waals surface area contributed by atoms with E-state index in [4.69, 9.17) is 10.00 Å². The van der Waals surface area contributed by atoms with Gasteiger partial charge in [0.1, 0.15) is 11.6 Å². The SMILES string of the molecule is COCCNC(=O)/C(C#N)=C\N1CCN(S(C)(=O)=O)CC1. The van der Waals surface area contributed by atoms with Gasteiger partial charge in [-0.05, 0) is 0 Å². The lowest BCUT2D eigenvalue weighted by molar-refractivity contribution is -0.117. The summed E-state index contributed by atoms with van der Waals surface area (Å²) in [5.74, 6) is -0.458. The van der Waals surface area contributed by atoms with Crippen LogP contribution < -0.4 is 5.32 Å². The van der Waals surface area contributed by atoms with Gasteiger partial charge in [-0.1, -0.05) is 0 Å². The fourth-order valence-electron chi connectivity index (χ4n) is 1.85. The summed E-state index contributed by atoms with van der Waals surface area (Å²) in [5, 5.41) is 11.6. The number of sulfonamides is 1. The van der Waals surface area contributed by atoms with Gasteiger partial charge in [0.2, 0.25) is 10.0 Å². The number of piperazine rings is 1. The second kappa shape index (κ2) is 7.97. The van der Waals surface area contributed by atoms with Crippen LogP contribution in [0, 0.1) is 11.3 Å². The average Bonchev–Trinajstić information content (AvgIpc) is 2.44. The fraction of sp³-hybridized carbons (Fsp3) is 0.667. The number of amides is 1. The second-order valence-electron chi connectivity index (χ2n) is 4.60. The maximum Gasteiger partial charge on any atom is 0.263 e. The molecule has 0 saturated carbocycles. The number of hydrogen-bond donors (Lipinski definition) is 1. The lowest BCUT2D eigenvalue weighted by Crippen LogP contribution is -2.46. The Morgan fingerprint density at radius 1 is 1.38 bits per heavy atom. The third-order valence-corrected chi connectivity index (χ3v) is 4.31. The monoisotopic (exact) mass is 316 g/mol. The third-order valence-electron chi connectivity index (χ3n) is 3.01. The Bertz CT molecular complexity index is 530. The van der Waals surface area contributed by atoms with Crippen LogP contribution in [0.3, 0.4) is 0 Å². The zero-order valence-electron chi connectivity index (χ0n) is 12.2. The van der Waals surface area contributed by atoms with Crippen molar-refractivity contribution in [3.8, 4) is 6.07 Å². The van der Waals surface area contributed by atoms with E-state index in [0.717, 1.165) is 0 Å². The summed E-state index contributed by atoms with van der Waals surface area (Å²) in [6.45, 7) is 2.29. The fourth-order valence-corrected chi connectivity index (χ4v) is 2.67. The molecule has 0 aromatic carbocycles. The summed E-state index contributed by atoms with van der Waals surface area (Å²) in [5.41, 5.74) is -0.00101. The molecule has 1 N–H and O–H groups in total. The van der Waals surface area contributed by atoms with Gasteiger partial charge in [0.25, 0.3) is 5.91 Å². The first-order valence-electron chi connectivity index (χ1n) is 6.46. The Morgan fingerprint density at radius 2 is 2.00 bits per heavy atom. The van der Waals surface area contributed by atoms with Gasteiger partial charge in [-0.15, -0.1) is 0 Å². The first-order valence-corrected chi connectivity index (χ1v) is 8.31. The first-order chi connectivity index (χ1) is 9.88. The van der Waals surface area contributed by atoms with E-state index in [1.165, 1.54) is 23.9 Å². The summed E-state index contributed by atoms with van der Waals surface area (Å²) in [7, 11) is -1.66. The van der Waals surface area contributed by atoms with Crippen molar-refractivity contribution in [3.05, 3.63) is 11.8 Å². The van der Waals surface area contributed by atoms with Gasteiger partial charge in [-0.25, -0.2) is 8.42 Å². The molecule has 0 radical (unpaired) electrons. The van der Waals surface area contributed by atoms with Gasteiger partial charge in [0, 0.05) is 46.0 Å². The molecular weight excluding hydrogens is 296 g/mol. The van der Waals surface area contributed by atoms with Crippen LogP contribution in [0.5, 0.6) is 0 Å². The molecule has 21 heavy (non-hydrogen) atoms. The molecule has 1 heterocycles. The third kappa shape index (κ3) is 5.71. The number of rotatable bonds is 6. The van der Waals surface area contributed by atoms with Crippen molar-refractivity contribution in [1.82, 2.24) is 14.5 Å². The Labute approximate surface area is 125 Å². The smallest absolute Gasteiger partial charge is 0.263 e. The molecule has 1 saturated heterocycles. The van der Waals surface area contributed by atoms with Gasteiger partial charge < -0.3 is 15.0 Å². The summed E-state index contributed by atoms with van der Waals surface area (Å²) in [6, 6.07) is 1.85. The van der Waals surface area contributed by atoms with E-state index in [1.54, 1.807) is 4.90 Å². The molecular formula is C12H20N4O4S. The molecule has 0 unspecified atom stereocenters. The Morgan fingerprint density at radius 3 is 2.48 bits per heavy atom. The highest BCUT2D eigenvalue weighted by molar-refractivity contribution is 7.88. The summed E-state index contributed by atoms with van der Waals surface area (Å²) in [4.78, 5) is 13.5. The van der Waals surface area contributed by atoms with Crippen molar-refractivity contribution in [2.45, 2.75) is 0 Å². The summed E-state index contributed by atoms with van der Waals surface area (Å²) >= 11 is 0. The molecule has 0 atom stereocenters. The quantitative estimate of drug-likeness (QED) is 0.372. The van der Waals surface area contributed by atoms with Crippen molar-refractivity contribution in [1.29, 1.82) is 5.26 Å². The van der Waals surface area contributed by atoms with Crippen molar-refractivity contribution < 1.29 is 17.9 Å². The van der Waals surface area contributed by atoms with Crippen LogP contribution in [-0.4, -0.2) is 76.2 Å². The highest BCUT2D eigenvalue weighted by Gasteiger charge is 2.22. The highest BCUT2D eigenvalue weighted by Crippen LogP contribution is 2.08. The van der Waals surface area contributed by atoms with E-state index < -0.39 is 15.9 Å². The first kappa shape index (κ1) is 17.4. The van der Waals surface area contributed by atoms with Gasteiger partial charge in [0.15, 0.2) is 0 Å². The Balaban J connectivity index is 2.57. The van der Waals surface area contributed by atoms with E-state index in [9.17, 15) is 13.2 Å². The predicted octanol–water partition coefficient (Wildman–Crippen LogP) is -1.27. The number of ether oxygens (including phenoxy) is 1. The molecule has 1 fully saturated rings. The predicted molar refractivity (Wildman–Crippen MR) is 76.6 cm³/mol. The Kier molecular flexibility index (Phi) is 6.61. The number of methoxy groups -OCH3 is 1. The van der Waals surface area contributed by atoms with E-state index in [1.807, 2.05) is 6.07 Å². The second-order valence-corrected chi connectivity index (χ2v) is 6.58. The van der Waals surface area contributed by atoms with Crippen molar-refractivity contribution in [2.75, 3.05) is 52.7 Å². The normalized spacial score (nSPS) is 17.4. The van der Waals surface area contributed by atoms with Crippen LogP contribution in [0.1, 0.15) is 0 Å². The summed E-state index contributed by atoms with van der Waals surface area (Å²) in [6.07, 6.45) is 2.64. The molecule has 9 heteroatoms. The van der Waals surface area contributed by atoms with Gasteiger partial charge in [0.05, 0.1) is 12.9 Å². The maximum atomic E-state index is 11.8. The maximum absolute atomic E-state index is 11.8. The van der Waals surface area contributed by atoms with Crippen LogP contribution >= 0.6 is 0 Å². The number of hydrogen-bond acceptors (Lipinski definition) is 6. The number of carbonyl (C=O) groups is 1. The summed E-state index contributed by atoms with van der Waals surface area (Å²) < 4.78 is 29.0. The van der Waals surface area contributed by atoms with Gasteiger partial charge >= 0.3 is 0 Å². The van der Waals surface area contributed by atoms with E-state index in [0.29, 0.717) is 39.3 Å². The minimum Gasteiger partial charge on any atom is -0.383 e. The highest BCUT2D eigenvalue weighted by atomic mass is 32.2. The standard InChI is InChI=1S/C12H20N4O4S/c1-20-8-3-14-12(17)11(9-13)10-15-4-6-16(7-5-15)21(2,18)19/h10H,3-8H2,1-2H3,(H,14,17)/b11-10-. The number of nitrogens with one attached hydrogen (secondary N) is 1. The molecule has 8 nitrogen and oxygen atoms in total. The zero-order chi connectivity index (χ0) is 15.9. The van der Waals surface area contributed by atoms with E-state index in [-0.39, 0.29) is 5.57 Å². The zero-order valence-corrected chi connectivity index (χ0v) is 13.0. The molecule has 1 aliphatic rings. The van der Waals surface area contributed by atoms with E-state index in [2.05, 4.69) is 5.32 Å². The van der Waals surface area contributed by atoms with Crippen molar-refractivity contribution >= 4 is 15.9 Å². The number of nitriles is 1. The van der Waals surface area contributed by atoms with Crippen molar-refractivity contribution in [3.63, 3.8) is 0 Å². The topological polar surface area (TPSA) is 103 Å².